The van der Waals surface area contributed by atoms with Gasteiger partial charge in [-0.1, -0.05) is 18.2 Å². The highest BCUT2D eigenvalue weighted by molar-refractivity contribution is 9.10. The van der Waals surface area contributed by atoms with Crippen LogP contribution in [0.25, 0.3) is 10.9 Å². The number of para-hydroxylation sites is 1. The quantitative estimate of drug-likeness (QED) is 0.892. The van der Waals surface area contributed by atoms with Crippen LogP contribution in [0.5, 0.6) is 0 Å². The van der Waals surface area contributed by atoms with Crippen LogP contribution in [-0.2, 0) is 6.42 Å². The van der Waals surface area contributed by atoms with E-state index in [0.29, 0.717) is 6.04 Å². The Kier molecular flexibility index (Phi) is 3.41. The zero-order valence-corrected chi connectivity index (χ0v) is 12.1. The van der Waals surface area contributed by atoms with Crippen molar-refractivity contribution >= 4 is 26.8 Å². The summed E-state index contributed by atoms with van der Waals surface area (Å²) in [4.78, 5) is 5.86. The van der Waals surface area contributed by atoms with Gasteiger partial charge in [0.05, 0.1) is 4.60 Å². The first-order valence-corrected chi connectivity index (χ1v) is 7.21. The molecule has 2 aromatic rings. The Bertz CT molecular complexity index is 549. The number of hydrogen-bond donors (Lipinski definition) is 2. The van der Waals surface area contributed by atoms with E-state index in [-0.39, 0.29) is 0 Å². The maximum atomic E-state index is 3.66. The van der Waals surface area contributed by atoms with Gasteiger partial charge in [-0.05, 0) is 41.0 Å². The van der Waals surface area contributed by atoms with Crippen LogP contribution < -0.4 is 5.32 Å². The van der Waals surface area contributed by atoms with Crippen molar-refractivity contribution in [1.82, 2.24) is 15.2 Å². The fourth-order valence-corrected chi connectivity index (χ4v) is 3.28. The Morgan fingerprint density at radius 2 is 2.22 bits per heavy atom. The van der Waals surface area contributed by atoms with Crippen LogP contribution in [0.2, 0.25) is 0 Å². The number of fused-ring (bicyclic) bond motifs is 1. The van der Waals surface area contributed by atoms with Crippen LogP contribution in [0, 0.1) is 0 Å². The number of aromatic nitrogens is 1. The van der Waals surface area contributed by atoms with Gasteiger partial charge in [-0.25, -0.2) is 0 Å². The minimum absolute atomic E-state index is 0.578. The van der Waals surface area contributed by atoms with Crippen molar-refractivity contribution in [3.8, 4) is 0 Å². The fourth-order valence-electron chi connectivity index (χ4n) is 2.69. The minimum atomic E-state index is 0.578. The average molecular weight is 308 g/mol. The van der Waals surface area contributed by atoms with Gasteiger partial charge < -0.3 is 15.2 Å². The highest BCUT2D eigenvalue weighted by atomic mass is 79.9. The lowest BCUT2D eigenvalue weighted by Gasteiger charge is -2.33. The molecule has 1 aromatic carbocycles. The van der Waals surface area contributed by atoms with Crippen molar-refractivity contribution < 1.29 is 0 Å². The molecule has 4 heteroatoms. The van der Waals surface area contributed by atoms with Gasteiger partial charge in [0.25, 0.3) is 0 Å². The van der Waals surface area contributed by atoms with E-state index < -0.39 is 0 Å². The Morgan fingerprint density at radius 1 is 1.39 bits per heavy atom. The highest BCUT2D eigenvalue weighted by Gasteiger charge is 2.21. The van der Waals surface area contributed by atoms with E-state index in [2.05, 4.69) is 62.4 Å². The third kappa shape index (κ3) is 2.20. The molecule has 0 bridgehead atoms. The number of halogens is 1. The summed E-state index contributed by atoms with van der Waals surface area (Å²) in [5, 5.41) is 4.81. The van der Waals surface area contributed by atoms with Crippen LogP contribution in [0.15, 0.2) is 28.9 Å². The van der Waals surface area contributed by atoms with E-state index in [0.717, 1.165) is 30.7 Å². The second kappa shape index (κ2) is 5.03. The Morgan fingerprint density at radius 3 is 3.06 bits per heavy atom. The van der Waals surface area contributed by atoms with E-state index in [1.54, 1.807) is 0 Å². The Hall–Kier alpha value is -0.840. The summed E-state index contributed by atoms with van der Waals surface area (Å²) in [7, 11) is 2.22. The molecule has 0 radical (unpaired) electrons. The second-order valence-electron chi connectivity index (χ2n) is 5.01. The van der Waals surface area contributed by atoms with Gasteiger partial charge in [0, 0.05) is 36.6 Å². The Balaban J connectivity index is 1.92. The molecule has 1 aliphatic heterocycles. The lowest BCUT2D eigenvalue weighted by molar-refractivity contribution is 0.199. The third-order valence-corrected chi connectivity index (χ3v) is 4.52. The largest absolute Gasteiger partial charge is 0.349 e. The van der Waals surface area contributed by atoms with Crippen molar-refractivity contribution in [3.63, 3.8) is 0 Å². The van der Waals surface area contributed by atoms with Crippen molar-refractivity contribution in [2.24, 2.45) is 0 Å². The van der Waals surface area contributed by atoms with Gasteiger partial charge in [0.1, 0.15) is 0 Å². The molecule has 1 aliphatic rings. The summed E-state index contributed by atoms with van der Waals surface area (Å²) >= 11 is 3.66. The molecule has 1 atom stereocenters. The van der Waals surface area contributed by atoms with Gasteiger partial charge in [0.2, 0.25) is 0 Å². The first-order chi connectivity index (χ1) is 8.75. The van der Waals surface area contributed by atoms with Gasteiger partial charge in [-0.15, -0.1) is 0 Å². The zero-order chi connectivity index (χ0) is 12.5. The average Bonchev–Trinajstić information content (AvgIpc) is 2.69. The molecule has 1 unspecified atom stereocenters. The van der Waals surface area contributed by atoms with Crippen molar-refractivity contribution in [1.29, 1.82) is 0 Å². The summed E-state index contributed by atoms with van der Waals surface area (Å²) in [6.45, 7) is 3.30. The van der Waals surface area contributed by atoms with Crippen LogP contribution >= 0.6 is 15.9 Å². The first kappa shape index (κ1) is 12.2. The van der Waals surface area contributed by atoms with E-state index in [4.69, 9.17) is 0 Å². The number of likely N-dealkylation sites (N-methyl/N-ethyl adjacent to an activating group) is 1. The number of aromatic amines is 1. The topological polar surface area (TPSA) is 31.1 Å². The van der Waals surface area contributed by atoms with Crippen LogP contribution in [0.1, 0.15) is 5.56 Å². The summed E-state index contributed by atoms with van der Waals surface area (Å²) in [5.74, 6) is 0. The number of H-pyrrole nitrogens is 1. The second-order valence-corrected chi connectivity index (χ2v) is 5.80. The van der Waals surface area contributed by atoms with Crippen molar-refractivity contribution in [2.75, 3.05) is 26.7 Å². The van der Waals surface area contributed by atoms with Gasteiger partial charge >= 0.3 is 0 Å². The molecule has 0 aliphatic carbocycles. The Labute approximate surface area is 116 Å². The molecule has 3 rings (SSSR count). The smallest absolute Gasteiger partial charge is 0.0864 e. The maximum Gasteiger partial charge on any atom is 0.0864 e. The number of nitrogens with zero attached hydrogens (tertiary/aromatic N) is 1. The third-order valence-electron chi connectivity index (χ3n) is 3.85. The van der Waals surface area contributed by atoms with Gasteiger partial charge in [-0.3, -0.25) is 0 Å². The number of piperazine rings is 1. The van der Waals surface area contributed by atoms with Crippen LogP contribution in [0.4, 0.5) is 0 Å². The van der Waals surface area contributed by atoms with Crippen LogP contribution in [0.3, 0.4) is 0 Å². The molecule has 96 valence electrons. The molecule has 2 heterocycles. The van der Waals surface area contributed by atoms with E-state index in [9.17, 15) is 0 Å². The number of hydrogen-bond acceptors (Lipinski definition) is 2. The van der Waals surface area contributed by atoms with Crippen molar-refractivity contribution in [3.05, 3.63) is 34.4 Å². The standard InChI is InChI=1S/C14H18BrN3/c1-18-7-6-16-9-10(18)8-12-11-4-2-3-5-13(11)17-14(12)15/h2-5,10,16-17H,6-9H2,1H3. The minimum Gasteiger partial charge on any atom is -0.349 e. The molecule has 0 spiro atoms. The first-order valence-electron chi connectivity index (χ1n) is 6.42. The molecule has 1 saturated heterocycles. The lowest BCUT2D eigenvalue weighted by Crippen LogP contribution is -2.50. The highest BCUT2D eigenvalue weighted by Crippen LogP contribution is 2.28. The zero-order valence-electron chi connectivity index (χ0n) is 10.5. The van der Waals surface area contributed by atoms with Crippen molar-refractivity contribution in [2.45, 2.75) is 12.5 Å². The van der Waals surface area contributed by atoms with E-state index in [1.165, 1.54) is 16.5 Å². The predicted molar refractivity (Wildman–Crippen MR) is 79.0 cm³/mol. The molecule has 2 N–H and O–H groups in total. The summed E-state index contributed by atoms with van der Waals surface area (Å²) in [6, 6.07) is 9.08. The van der Waals surface area contributed by atoms with E-state index >= 15 is 0 Å². The van der Waals surface area contributed by atoms with E-state index in [1.807, 2.05) is 0 Å². The van der Waals surface area contributed by atoms with Gasteiger partial charge in [-0.2, -0.15) is 0 Å². The number of nitrogens with one attached hydrogen (secondary N) is 2. The monoisotopic (exact) mass is 307 g/mol. The molecular formula is C14H18BrN3. The summed E-state index contributed by atoms with van der Waals surface area (Å²) in [6.07, 6.45) is 1.08. The van der Waals surface area contributed by atoms with Gasteiger partial charge in [0.15, 0.2) is 0 Å². The molecule has 3 nitrogen and oxygen atoms in total. The molecule has 18 heavy (non-hydrogen) atoms. The molecular weight excluding hydrogens is 290 g/mol. The normalized spacial score (nSPS) is 21.6. The molecule has 0 amide bonds. The fraction of sp³-hybridized carbons (Fsp3) is 0.429. The number of benzene rings is 1. The predicted octanol–water partition coefficient (Wildman–Crippen LogP) is 2.38. The summed E-state index contributed by atoms with van der Waals surface area (Å²) in [5.41, 5.74) is 2.61. The molecule has 1 fully saturated rings. The number of rotatable bonds is 2. The van der Waals surface area contributed by atoms with Crippen LogP contribution in [-0.4, -0.2) is 42.6 Å². The lowest BCUT2D eigenvalue weighted by atomic mass is 10.0. The molecule has 1 aromatic heterocycles. The molecule has 0 saturated carbocycles. The summed E-state index contributed by atoms with van der Waals surface area (Å²) < 4.78 is 1.13. The maximum absolute atomic E-state index is 3.66. The SMILES string of the molecule is CN1CCNCC1Cc1c(Br)[nH]c2ccccc12.